The van der Waals surface area contributed by atoms with Gasteiger partial charge in [-0.2, -0.15) is 0 Å². The molecule has 0 aliphatic rings. The van der Waals surface area contributed by atoms with Crippen LogP contribution in [0, 0.1) is 0 Å². The van der Waals surface area contributed by atoms with Crippen molar-refractivity contribution >= 4 is 11.8 Å². The summed E-state index contributed by atoms with van der Waals surface area (Å²) in [6.07, 6.45) is -0.395. The number of anilines is 1. The van der Waals surface area contributed by atoms with Gasteiger partial charge in [0.05, 0.1) is 13.7 Å². The Labute approximate surface area is 160 Å². The summed E-state index contributed by atoms with van der Waals surface area (Å²) in [7, 11) is 1.59. The number of benzene rings is 2. The van der Waals surface area contributed by atoms with Crippen molar-refractivity contribution in [2.24, 2.45) is 0 Å². The van der Waals surface area contributed by atoms with E-state index in [0.29, 0.717) is 30.3 Å². The summed E-state index contributed by atoms with van der Waals surface area (Å²) < 4.78 is 16.5. The molecule has 2 N–H and O–H groups in total. The highest BCUT2D eigenvalue weighted by Gasteiger charge is 2.27. The standard InChI is InChI=1S/C21H28N2O4/c1-21(2,3)23(12-13-26-19-11-6-5-10-18(19)25-4)20(24)27-15-16-8-7-9-17(22)14-16/h5-11,14H,12-13,15,22H2,1-4H3. The van der Waals surface area contributed by atoms with Gasteiger partial charge in [-0.05, 0) is 50.6 Å². The summed E-state index contributed by atoms with van der Waals surface area (Å²) in [4.78, 5) is 14.3. The molecule has 1 amide bonds. The van der Waals surface area contributed by atoms with Crippen molar-refractivity contribution in [3.63, 3.8) is 0 Å². The highest BCUT2D eigenvalue weighted by atomic mass is 16.6. The molecule has 6 nitrogen and oxygen atoms in total. The lowest BCUT2D eigenvalue weighted by Crippen LogP contribution is -2.47. The molecule has 2 aromatic carbocycles. The average molecular weight is 372 g/mol. The minimum Gasteiger partial charge on any atom is -0.493 e. The Balaban J connectivity index is 1.95. The normalized spacial score (nSPS) is 11.0. The van der Waals surface area contributed by atoms with Gasteiger partial charge in [-0.3, -0.25) is 4.90 Å². The van der Waals surface area contributed by atoms with Gasteiger partial charge in [0.1, 0.15) is 13.2 Å². The number of nitrogens with zero attached hydrogens (tertiary/aromatic N) is 1. The number of nitrogens with two attached hydrogens (primary N) is 1. The number of ether oxygens (including phenoxy) is 3. The number of hydrogen-bond donors (Lipinski definition) is 1. The Morgan fingerprint density at radius 1 is 1.07 bits per heavy atom. The summed E-state index contributed by atoms with van der Waals surface area (Å²) >= 11 is 0. The lowest BCUT2D eigenvalue weighted by atomic mass is 10.1. The Morgan fingerprint density at radius 2 is 1.78 bits per heavy atom. The number of para-hydroxylation sites is 2. The first-order valence-corrected chi connectivity index (χ1v) is 8.86. The zero-order chi connectivity index (χ0) is 19.9. The molecule has 6 heteroatoms. The van der Waals surface area contributed by atoms with Gasteiger partial charge < -0.3 is 19.9 Å². The predicted octanol–water partition coefficient (Wildman–Crippen LogP) is 4.09. The Morgan fingerprint density at radius 3 is 2.41 bits per heavy atom. The van der Waals surface area contributed by atoms with E-state index in [-0.39, 0.29) is 6.61 Å². The van der Waals surface area contributed by atoms with E-state index in [4.69, 9.17) is 19.9 Å². The maximum absolute atomic E-state index is 12.6. The van der Waals surface area contributed by atoms with Crippen LogP contribution in [0.3, 0.4) is 0 Å². The quantitative estimate of drug-likeness (QED) is 0.741. The third-order valence-corrected chi connectivity index (χ3v) is 3.99. The van der Waals surface area contributed by atoms with Crippen molar-refractivity contribution in [2.75, 3.05) is 26.0 Å². The molecule has 0 spiro atoms. The second-order valence-corrected chi connectivity index (χ2v) is 7.12. The number of nitrogen functional groups attached to an aromatic ring is 1. The minimum absolute atomic E-state index is 0.170. The molecule has 0 fully saturated rings. The van der Waals surface area contributed by atoms with Crippen molar-refractivity contribution in [3.8, 4) is 11.5 Å². The monoisotopic (exact) mass is 372 g/mol. The zero-order valence-electron chi connectivity index (χ0n) is 16.4. The Kier molecular flexibility index (Phi) is 6.93. The number of rotatable bonds is 7. The summed E-state index contributed by atoms with van der Waals surface area (Å²) in [6, 6.07) is 14.7. The fourth-order valence-electron chi connectivity index (χ4n) is 2.59. The highest BCUT2D eigenvalue weighted by molar-refractivity contribution is 5.68. The fourth-order valence-corrected chi connectivity index (χ4v) is 2.59. The van der Waals surface area contributed by atoms with E-state index in [1.807, 2.05) is 57.2 Å². The number of hydrogen-bond acceptors (Lipinski definition) is 5. The van der Waals surface area contributed by atoms with Gasteiger partial charge >= 0.3 is 6.09 Å². The van der Waals surface area contributed by atoms with Gasteiger partial charge in [0.25, 0.3) is 0 Å². The first-order valence-electron chi connectivity index (χ1n) is 8.86. The van der Waals surface area contributed by atoms with Gasteiger partial charge in [-0.15, -0.1) is 0 Å². The number of carbonyl (C=O) groups is 1. The maximum Gasteiger partial charge on any atom is 0.410 e. The van der Waals surface area contributed by atoms with Crippen LogP contribution in [0.5, 0.6) is 11.5 Å². The van der Waals surface area contributed by atoms with Gasteiger partial charge in [-0.25, -0.2) is 4.79 Å². The molecule has 146 valence electrons. The van der Waals surface area contributed by atoms with Crippen molar-refractivity contribution < 1.29 is 19.0 Å². The first-order chi connectivity index (χ1) is 12.8. The van der Waals surface area contributed by atoms with E-state index in [0.717, 1.165) is 5.56 Å². The maximum atomic E-state index is 12.6. The van der Waals surface area contributed by atoms with Crippen molar-refractivity contribution in [2.45, 2.75) is 32.9 Å². The second-order valence-electron chi connectivity index (χ2n) is 7.12. The molecule has 0 heterocycles. The molecule has 0 aromatic heterocycles. The predicted molar refractivity (Wildman–Crippen MR) is 106 cm³/mol. The molecule has 27 heavy (non-hydrogen) atoms. The van der Waals surface area contributed by atoms with Crippen LogP contribution >= 0.6 is 0 Å². The summed E-state index contributed by atoms with van der Waals surface area (Å²) in [5.74, 6) is 1.30. The van der Waals surface area contributed by atoms with Crippen LogP contribution in [0.15, 0.2) is 48.5 Å². The van der Waals surface area contributed by atoms with Crippen molar-refractivity contribution in [1.29, 1.82) is 0 Å². The molecule has 0 bridgehead atoms. The zero-order valence-corrected chi connectivity index (χ0v) is 16.4. The SMILES string of the molecule is COc1ccccc1OCCN(C(=O)OCc1cccc(N)c1)C(C)(C)C. The van der Waals surface area contributed by atoms with Gasteiger partial charge in [0.2, 0.25) is 0 Å². The van der Waals surface area contributed by atoms with Gasteiger partial charge in [0.15, 0.2) is 11.5 Å². The van der Waals surface area contributed by atoms with Crippen molar-refractivity contribution in [3.05, 3.63) is 54.1 Å². The van der Waals surface area contributed by atoms with Gasteiger partial charge in [-0.1, -0.05) is 24.3 Å². The van der Waals surface area contributed by atoms with E-state index < -0.39 is 11.6 Å². The molecule has 0 saturated carbocycles. The molecule has 0 saturated heterocycles. The summed E-state index contributed by atoms with van der Waals surface area (Å²) in [5.41, 5.74) is 6.84. The largest absolute Gasteiger partial charge is 0.493 e. The smallest absolute Gasteiger partial charge is 0.410 e. The number of amides is 1. The second kappa shape index (κ2) is 9.16. The summed E-state index contributed by atoms with van der Waals surface area (Å²) in [5, 5.41) is 0. The third-order valence-electron chi connectivity index (χ3n) is 3.99. The third kappa shape index (κ3) is 6.09. The van der Waals surface area contributed by atoms with E-state index in [9.17, 15) is 4.79 Å². The molecule has 2 rings (SSSR count). The molecule has 0 radical (unpaired) electrons. The first kappa shape index (κ1) is 20.4. The van der Waals surface area contributed by atoms with Crippen LogP contribution in [0.4, 0.5) is 10.5 Å². The van der Waals surface area contributed by atoms with E-state index in [1.54, 1.807) is 24.1 Å². The van der Waals surface area contributed by atoms with Crippen LogP contribution in [-0.2, 0) is 11.3 Å². The molecule has 0 atom stereocenters. The highest BCUT2D eigenvalue weighted by Crippen LogP contribution is 2.26. The molecule has 0 aliphatic carbocycles. The van der Waals surface area contributed by atoms with E-state index in [1.165, 1.54) is 0 Å². The molecule has 0 unspecified atom stereocenters. The minimum atomic E-state index is -0.406. The Hall–Kier alpha value is -2.89. The molecule has 0 aliphatic heterocycles. The van der Waals surface area contributed by atoms with Crippen LogP contribution < -0.4 is 15.2 Å². The lowest BCUT2D eigenvalue weighted by Gasteiger charge is -2.34. The molecule has 2 aromatic rings. The molecular weight excluding hydrogens is 344 g/mol. The fraction of sp³-hybridized carbons (Fsp3) is 0.381. The average Bonchev–Trinajstić information content (AvgIpc) is 2.62. The van der Waals surface area contributed by atoms with Crippen LogP contribution in [0.25, 0.3) is 0 Å². The van der Waals surface area contributed by atoms with Gasteiger partial charge in [0, 0.05) is 11.2 Å². The lowest BCUT2D eigenvalue weighted by molar-refractivity contribution is 0.0554. The van der Waals surface area contributed by atoms with Crippen LogP contribution in [0.1, 0.15) is 26.3 Å². The summed E-state index contributed by atoms with van der Waals surface area (Å²) in [6.45, 7) is 6.75. The van der Waals surface area contributed by atoms with Crippen molar-refractivity contribution in [1.82, 2.24) is 4.90 Å². The number of carbonyl (C=O) groups excluding carboxylic acids is 1. The van der Waals surface area contributed by atoms with E-state index >= 15 is 0 Å². The van der Waals surface area contributed by atoms with E-state index in [2.05, 4.69) is 0 Å². The number of methoxy groups -OCH3 is 1. The van der Waals surface area contributed by atoms with Crippen LogP contribution in [-0.4, -0.2) is 36.8 Å². The van der Waals surface area contributed by atoms with Crippen LogP contribution in [0.2, 0.25) is 0 Å². The topological polar surface area (TPSA) is 74.0 Å². The Bertz CT molecular complexity index is 756. The molecular formula is C21H28N2O4.